The molecule has 0 radical (unpaired) electrons. The largest absolute Gasteiger partial charge is 0.464 e. The Kier molecular flexibility index (Phi) is 5.16. The van der Waals surface area contributed by atoms with Gasteiger partial charge in [-0.2, -0.15) is 0 Å². The standard InChI is InChI=1S/C18H26N2O4/c1-9(2)17(22)20(13-7-8-13)12(5)16(21)14-10(3)15(18(23)24-6)19-11(14)4/h9,12-13,19H,7-8H2,1-6H3/t12-/m0/s1. The number of carbonyl (C=O) groups excluding carboxylic acids is 3. The summed E-state index contributed by atoms with van der Waals surface area (Å²) in [6.07, 6.45) is 1.88. The monoisotopic (exact) mass is 334 g/mol. The Morgan fingerprint density at radius 1 is 1.17 bits per heavy atom. The van der Waals surface area contributed by atoms with Gasteiger partial charge in [-0.1, -0.05) is 13.8 Å². The van der Waals surface area contributed by atoms with E-state index in [1.807, 2.05) is 13.8 Å². The lowest BCUT2D eigenvalue weighted by molar-refractivity contribution is -0.136. The SMILES string of the molecule is COC(=O)c1[nH]c(C)c(C(=O)[C@H](C)N(C(=O)C(C)C)C2CC2)c1C. The van der Waals surface area contributed by atoms with Crippen LogP contribution < -0.4 is 0 Å². The van der Waals surface area contributed by atoms with Gasteiger partial charge in [-0.3, -0.25) is 9.59 Å². The number of aryl methyl sites for hydroxylation is 1. The molecule has 0 bridgehead atoms. The summed E-state index contributed by atoms with van der Waals surface area (Å²) in [5.74, 6) is -0.797. The van der Waals surface area contributed by atoms with E-state index >= 15 is 0 Å². The molecule has 1 fully saturated rings. The summed E-state index contributed by atoms with van der Waals surface area (Å²) in [7, 11) is 1.30. The second-order valence-electron chi connectivity index (χ2n) is 6.79. The van der Waals surface area contributed by atoms with Gasteiger partial charge < -0.3 is 14.6 Å². The van der Waals surface area contributed by atoms with Crippen molar-refractivity contribution >= 4 is 17.7 Å². The van der Waals surface area contributed by atoms with E-state index in [0.29, 0.717) is 22.5 Å². The van der Waals surface area contributed by atoms with E-state index in [1.165, 1.54) is 7.11 Å². The lowest BCUT2D eigenvalue weighted by Gasteiger charge is -2.30. The van der Waals surface area contributed by atoms with Crippen molar-refractivity contribution in [1.82, 2.24) is 9.88 Å². The van der Waals surface area contributed by atoms with Crippen molar-refractivity contribution in [1.29, 1.82) is 0 Å². The summed E-state index contributed by atoms with van der Waals surface area (Å²) < 4.78 is 4.74. The number of H-pyrrole nitrogens is 1. The molecule has 24 heavy (non-hydrogen) atoms. The van der Waals surface area contributed by atoms with E-state index in [9.17, 15) is 14.4 Å². The van der Waals surface area contributed by atoms with Gasteiger partial charge in [0.2, 0.25) is 5.91 Å². The van der Waals surface area contributed by atoms with Crippen LogP contribution in [0.4, 0.5) is 0 Å². The molecule has 132 valence electrons. The van der Waals surface area contributed by atoms with Crippen LogP contribution in [-0.2, 0) is 9.53 Å². The first-order valence-electron chi connectivity index (χ1n) is 8.34. The van der Waals surface area contributed by atoms with Crippen molar-refractivity contribution in [2.24, 2.45) is 5.92 Å². The Morgan fingerprint density at radius 3 is 2.21 bits per heavy atom. The fourth-order valence-corrected chi connectivity index (χ4v) is 3.10. The second-order valence-corrected chi connectivity index (χ2v) is 6.79. The van der Waals surface area contributed by atoms with Crippen LogP contribution in [0.3, 0.4) is 0 Å². The van der Waals surface area contributed by atoms with Crippen molar-refractivity contribution in [2.75, 3.05) is 7.11 Å². The molecule has 6 nitrogen and oxygen atoms in total. The Labute approximate surface area is 142 Å². The van der Waals surface area contributed by atoms with Crippen LogP contribution in [0.25, 0.3) is 0 Å². The predicted octanol–water partition coefficient (Wildman–Crippen LogP) is 2.64. The highest BCUT2D eigenvalue weighted by Gasteiger charge is 2.40. The molecule has 1 aliphatic rings. The van der Waals surface area contributed by atoms with Crippen LogP contribution in [0.15, 0.2) is 0 Å². The molecule has 2 rings (SSSR count). The number of amides is 1. The van der Waals surface area contributed by atoms with Crippen LogP contribution in [-0.4, -0.2) is 46.7 Å². The number of hydrogen-bond donors (Lipinski definition) is 1. The molecule has 6 heteroatoms. The molecule has 0 spiro atoms. The summed E-state index contributed by atoms with van der Waals surface area (Å²) in [6.45, 7) is 8.94. The molecule has 1 aromatic heterocycles. The minimum atomic E-state index is -0.550. The van der Waals surface area contributed by atoms with Crippen LogP contribution >= 0.6 is 0 Å². The molecule has 1 amide bonds. The average Bonchev–Trinajstić information content (AvgIpc) is 3.31. The molecule has 1 aliphatic carbocycles. The highest BCUT2D eigenvalue weighted by Crippen LogP contribution is 2.32. The van der Waals surface area contributed by atoms with E-state index < -0.39 is 12.0 Å². The molecule has 1 heterocycles. The molecule has 0 saturated heterocycles. The van der Waals surface area contributed by atoms with Gasteiger partial charge in [0.25, 0.3) is 0 Å². The predicted molar refractivity (Wildman–Crippen MR) is 90.1 cm³/mol. The number of aromatic nitrogens is 1. The number of rotatable bonds is 6. The molecule has 1 N–H and O–H groups in total. The normalized spacial score (nSPS) is 15.3. The number of methoxy groups -OCH3 is 1. The summed E-state index contributed by atoms with van der Waals surface area (Å²) in [5.41, 5.74) is 1.96. The minimum Gasteiger partial charge on any atom is -0.464 e. The molecule has 0 aliphatic heterocycles. The summed E-state index contributed by atoms with van der Waals surface area (Å²) in [4.78, 5) is 42.0. The lowest BCUT2D eigenvalue weighted by Crippen LogP contribution is -2.46. The quantitative estimate of drug-likeness (QED) is 0.641. The number of nitrogens with zero attached hydrogens (tertiary/aromatic N) is 1. The fraction of sp³-hybridized carbons (Fsp3) is 0.611. The van der Waals surface area contributed by atoms with Crippen LogP contribution in [0.1, 0.15) is 65.7 Å². The number of hydrogen-bond acceptors (Lipinski definition) is 4. The third kappa shape index (κ3) is 3.23. The van der Waals surface area contributed by atoms with Crippen molar-refractivity contribution in [3.63, 3.8) is 0 Å². The number of aromatic amines is 1. The van der Waals surface area contributed by atoms with E-state index in [2.05, 4.69) is 4.98 Å². The van der Waals surface area contributed by atoms with Crippen molar-refractivity contribution < 1.29 is 19.1 Å². The maximum Gasteiger partial charge on any atom is 0.354 e. The topological polar surface area (TPSA) is 79.5 Å². The minimum absolute atomic E-state index is 0.00242. The number of nitrogens with one attached hydrogen (secondary N) is 1. The van der Waals surface area contributed by atoms with Gasteiger partial charge in [0.15, 0.2) is 5.78 Å². The first kappa shape index (κ1) is 18.2. The highest BCUT2D eigenvalue weighted by atomic mass is 16.5. The van der Waals surface area contributed by atoms with Gasteiger partial charge in [0.05, 0.1) is 13.2 Å². The maximum atomic E-state index is 13.0. The molecule has 1 atom stereocenters. The molecule has 1 aromatic rings. The molecular weight excluding hydrogens is 308 g/mol. The number of ketones is 1. The van der Waals surface area contributed by atoms with E-state index in [0.717, 1.165) is 12.8 Å². The van der Waals surface area contributed by atoms with Crippen LogP contribution in [0.5, 0.6) is 0 Å². The number of ether oxygens (including phenoxy) is 1. The molecule has 1 saturated carbocycles. The van der Waals surface area contributed by atoms with Gasteiger partial charge in [-0.25, -0.2) is 4.79 Å². The van der Waals surface area contributed by atoms with Crippen LogP contribution in [0.2, 0.25) is 0 Å². The zero-order valence-corrected chi connectivity index (χ0v) is 15.2. The zero-order valence-electron chi connectivity index (χ0n) is 15.2. The van der Waals surface area contributed by atoms with Crippen LogP contribution in [0, 0.1) is 19.8 Å². The Balaban J connectivity index is 2.35. The lowest BCUT2D eigenvalue weighted by atomic mass is 9.99. The Bertz CT molecular complexity index is 671. The number of Topliss-reactive ketones (excluding diaryl/α,β-unsaturated/α-hetero) is 1. The van der Waals surface area contributed by atoms with Gasteiger partial charge in [0, 0.05) is 23.2 Å². The zero-order chi connectivity index (χ0) is 18.2. The molecule has 0 aromatic carbocycles. The first-order chi connectivity index (χ1) is 11.2. The Morgan fingerprint density at radius 2 is 1.75 bits per heavy atom. The Hall–Kier alpha value is -2.11. The number of esters is 1. The van der Waals surface area contributed by atoms with Crippen molar-refractivity contribution in [3.05, 3.63) is 22.5 Å². The van der Waals surface area contributed by atoms with E-state index in [-0.39, 0.29) is 23.7 Å². The van der Waals surface area contributed by atoms with Gasteiger partial charge in [-0.15, -0.1) is 0 Å². The smallest absolute Gasteiger partial charge is 0.354 e. The maximum absolute atomic E-state index is 13.0. The van der Waals surface area contributed by atoms with Gasteiger partial charge in [0.1, 0.15) is 5.69 Å². The third-order valence-electron chi connectivity index (χ3n) is 4.56. The molecular formula is C18H26N2O4. The third-order valence-corrected chi connectivity index (χ3v) is 4.56. The van der Waals surface area contributed by atoms with Crippen molar-refractivity contribution in [2.45, 2.75) is 59.5 Å². The summed E-state index contributed by atoms with van der Waals surface area (Å²) in [5, 5.41) is 0. The molecule has 0 unspecified atom stereocenters. The summed E-state index contributed by atoms with van der Waals surface area (Å²) in [6, 6.07) is -0.399. The van der Waals surface area contributed by atoms with Gasteiger partial charge in [-0.05, 0) is 39.2 Å². The highest BCUT2D eigenvalue weighted by molar-refractivity contribution is 6.06. The fourth-order valence-electron chi connectivity index (χ4n) is 3.10. The second kappa shape index (κ2) is 6.79. The average molecular weight is 334 g/mol. The van der Waals surface area contributed by atoms with Gasteiger partial charge >= 0.3 is 5.97 Å². The van der Waals surface area contributed by atoms with E-state index in [4.69, 9.17) is 4.74 Å². The summed E-state index contributed by atoms with van der Waals surface area (Å²) >= 11 is 0. The first-order valence-corrected chi connectivity index (χ1v) is 8.34. The van der Waals surface area contributed by atoms with Crippen molar-refractivity contribution in [3.8, 4) is 0 Å². The van der Waals surface area contributed by atoms with E-state index in [1.54, 1.807) is 25.7 Å². The number of carbonyl (C=O) groups is 3.